The Bertz CT molecular complexity index is 523. The van der Waals surface area contributed by atoms with E-state index in [2.05, 4.69) is 22.8 Å². The molecule has 5 heteroatoms. The highest BCUT2D eigenvalue weighted by Crippen LogP contribution is 2.41. The lowest BCUT2D eigenvalue weighted by atomic mass is 9.78. The van der Waals surface area contributed by atoms with Gasteiger partial charge in [-0.3, -0.25) is 10.1 Å². The fourth-order valence-electron chi connectivity index (χ4n) is 3.52. The molecule has 1 aliphatic heterocycles. The van der Waals surface area contributed by atoms with Gasteiger partial charge in [0.05, 0.1) is 13.2 Å². The summed E-state index contributed by atoms with van der Waals surface area (Å²) in [5, 5.41) is 6.42. The molecule has 1 aromatic rings. The van der Waals surface area contributed by atoms with Crippen molar-refractivity contribution in [3.8, 4) is 5.75 Å². The van der Waals surface area contributed by atoms with Crippen molar-refractivity contribution in [2.75, 3.05) is 25.3 Å². The van der Waals surface area contributed by atoms with Crippen LogP contribution in [0.5, 0.6) is 5.75 Å². The maximum atomic E-state index is 12.3. The molecular formula is C17H24N2O2S. The maximum absolute atomic E-state index is 12.3. The number of carbonyl (C=O) groups is 1. The molecule has 2 aliphatic rings. The van der Waals surface area contributed by atoms with Crippen LogP contribution in [0.2, 0.25) is 0 Å². The smallest absolute Gasteiger partial charge is 0.238 e. The highest BCUT2D eigenvalue weighted by Gasteiger charge is 2.37. The van der Waals surface area contributed by atoms with Crippen LogP contribution in [-0.4, -0.2) is 37.2 Å². The van der Waals surface area contributed by atoms with Crippen molar-refractivity contribution >= 4 is 17.7 Å². The van der Waals surface area contributed by atoms with Gasteiger partial charge >= 0.3 is 0 Å². The van der Waals surface area contributed by atoms with Crippen molar-refractivity contribution in [1.82, 2.24) is 10.6 Å². The molecular weight excluding hydrogens is 296 g/mol. The molecule has 1 saturated heterocycles. The van der Waals surface area contributed by atoms with Crippen LogP contribution in [0.4, 0.5) is 0 Å². The lowest BCUT2D eigenvalue weighted by molar-refractivity contribution is -0.122. The molecule has 0 bridgehead atoms. The number of rotatable bonds is 5. The van der Waals surface area contributed by atoms with Crippen LogP contribution in [0.3, 0.4) is 0 Å². The van der Waals surface area contributed by atoms with E-state index in [-0.39, 0.29) is 17.4 Å². The molecule has 3 rings (SSSR count). The van der Waals surface area contributed by atoms with Crippen molar-refractivity contribution in [2.24, 2.45) is 0 Å². The lowest BCUT2D eigenvalue weighted by Gasteiger charge is -2.30. The van der Waals surface area contributed by atoms with Crippen molar-refractivity contribution in [3.05, 3.63) is 29.8 Å². The van der Waals surface area contributed by atoms with E-state index in [1.807, 2.05) is 12.1 Å². The van der Waals surface area contributed by atoms with E-state index in [9.17, 15) is 4.79 Å². The van der Waals surface area contributed by atoms with Gasteiger partial charge in [0, 0.05) is 23.6 Å². The number of hydrogen-bond donors (Lipinski definition) is 2. The second-order valence-electron chi connectivity index (χ2n) is 6.21. The zero-order valence-corrected chi connectivity index (χ0v) is 13.9. The Morgan fingerprint density at radius 3 is 2.95 bits per heavy atom. The molecule has 1 aliphatic carbocycles. The summed E-state index contributed by atoms with van der Waals surface area (Å²) in [6.07, 6.45) is 4.72. The number of amides is 1. The minimum absolute atomic E-state index is 0.0336. The summed E-state index contributed by atoms with van der Waals surface area (Å²) in [5.41, 5.74) is 1.36. The molecule has 1 aromatic carbocycles. The molecule has 0 radical (unpaired) electrons. The third kappa shape index (κ3) is 3.25. The summed E-state index contributed by atoms with van der Waals surface area (Å²) >= 11 is 1.78. The minimum atomic E-state index is -0.0336. The van der Waals surface area contributed by atoms with Crippen LogP contribution in [0.1, 0.15) is 31.2 Å². The number of nitrogens with one attached hydrogen (secondary N) is 2. The first-order valence-corrected chi connectivity index (χ1v) is 9.12. The van der Waals surface area contributed by atoms with Crippen LogP contribution in [0.15, 0.2) is 24.3 Å². The van der Waals surface area contributed by atoms with Crippen LogP contribution < -0.4 is 15.4 Å². The second kappa shape index (κ2) is 6.92. The van der Waals surface area contributed by atoms with Crippen LogP contribution >= 0.6 is 11.8 Å². The molecule has 2 fully saturated rings. The molecule has 0 spiro atoms. The number of carbonyl (C=O) groups excluding carboxylic acids is 1. The monoisotopic (exact) mass is 320 g/mol. The summed E-state index contributed by atoms with van der Waals surface area (Å²) in [7, 11) is 1.70. The topological polar surface area (TPSA) is 50.4 Å². The SMILES string of the molecule is COc1cccc(C2(CNC(=O)C3CSCN3)CCCC2)c1. The molecule has 4 nitrogen and oxygen atoms in total. The quantitative estimate of drug-likeness (QED) is 0.874. The largest absolute Gasteiger partial charge is 0.497 e. The lowest BCUT2D eigenvalue weighted by Crippen LogP contribution is -2.47. The zero-order chi connectivity index (χ0) is 15.4. The van der Waals surface area contributed by atoms with E-state index in [4.69, 9.17) is 4.74 Å². The van der Waals surface area contributed by atoms with E-state index in [0.717, 1.165) is 36.8 Å². The highest BCUT2D eigenvalue weighted by atomic mass is 32.2. The Morgan fingerprint density at radius 1 is 1.45 bits per heavy atom. The molecule has 1 unspecified atom stereocenters. The number of methoxy groups -OCH3 is 1. The Balaban J connectivity index is 1.72. The predicted molar refractivity (Wildman–Crippen MR) is 90.4 cm³/mol. The van der Waals surface area contributed by atoms with E-state index in [0.29, 0.717) is 0 Å². The Labute approximate surface area is 136 Å². The average molecular weight is 320 g/mol. The van der Waals surface area contributed by atoms with E-state index < -0.39 is 0 Å². The van der Waals surface area contributed by atoms with Crippen LogP contribution in [-0.2, 0) is 10.2 Å². The minimum Gasteiger partial charge on any atom is -0.497 e. The molecule has 1 amide bonds. The van der Waals surface area contributed by atoms with Crippen molar-refractivity contribution in [3.63, 3.8) is 0 Å². The van der Waals surface area contributed by atoms with Gasteiger partial charge in [-0.15, -0.1) is 11.8 Å². The average Bonchev–Trinajstić information content (AvgIpc) is 3.25. The van der Waals surface area contributed by atoms with Crippen molar-refractivity contribution in [1.29, 1.82) is 0 Å². The van der Waals surface area contributed by atoms with Gasteiger partial charge in [0.25, 0.3) is 0 Å². The molecule has 2 N–H and O–H groups in total. The van der Waals surface area contributed by atoms with Gasteiger partial charge in [0.1, 0.15) is 5.75 Å². The molecule has 1 saturated carbocycles. The third-order valence-electron chi connectivity index (χ3n) is 4.88. The number of benzene rings is 1. The van der Waals surface area contributed by atoms with Gasteiger partial charge in [-0.1, -0.05) is 25.0 Å². The standard InChI is InChI=1S/C17H24N2O2S/c1-21-14-6-4-5-13(9-14)17(7-2-3-8-17)11-18-16(20)15-10-22-12-19-15/h4-6,9,15,19H,2-3,7-8,10-12H2,1H3,(H,18,20). The molecule has 120 valence electrons. The van der Waals surface area contributed by atoms with Gasteiger partial charge in [0.2, 0.25) is 5.91 Å². The summed E-state index contributed by atoms with van der Waals surface area (Å²) in [6.45, 7) is 0.724. The van der Waals surface area contributed by atoms with Crippen molar-refractivity contribution in [2.45, 2.75) is 37.1 Å². The van der Waals surface area contributed by atoms with Gasteiger partial charge in [-0.05, 0) is 30.5 Å². The highest BCUT2D eigenvalue weighted by molar-refractivity contribution is 7.99. The summed E-state index contributed by atoms with van der Waals surface area (Å²) in [4.78, 5) is 12.3. The van der Waals surface area contributed by atoms with Crippen LogP contribution in [0, 0.1) is 0 Å². The first-order valence-electron chi connectivity index (χ1n) is 7.97. The number of thioether (sulfide) groups is 1. The summed E-state index contributed by atoms with van der Waals surface area (Å²) in [6, 6.07) is 8.29. The third-order valence-corrected chi connectivity index (χ3v) is 5.82. The first kappa shape index (κ1) is 15.7. The number of hydrogen-bond acceptors (Lipinski definition) is 4. The van der Waals surface area contributed by atoms with Crippen LogP contribution in [0.25, 0.3) is 0 Å². The normalized spacial score (nSPS) is 23.4. The van der Waals surface area contributed by atoms with Crippen molar-refractivity contribution < 1.29 is 9.53 Å². The molecule has 1 atom stereocenters. The Hall–Kier alpha value is -1.20. The molecule has 1 heterocycles. The zero-order valence-electron chi connectivity index (χ0n) is 13.1. The molecule has 0 aromatic heterocycles. The summed E-state index contributed by atoms with van der Waals surface area (Å²) in [5.74, 6) is 2.78. The van der Waals surface area contributed by atoms with Gasteiger partial charge < -0.3 is 10.1 Å². The van der Waals surface area contributed by atoms with Gasteiger partial charge in [0.15, 0.2) is 0 Å². The van der Waals surface area contributed by atoms with E-state index >= 15 is 0 Å². The number of ether oxygens (including phenoxy) is 1. The van der Waals surface area contributed by atoms with Gasteiger partial charge in [-0.2, -0.15) is 0 Å². The predicted octanol–water partition coefficient (Wildman–Crippen LogP) is 2.29. The first-order chi connectivity index (χ1) is 10.7. The Morgan fingerprint density at radius 2 is 2.27 bits per heavy atom. The fraction of sp³-hybridized carbons (Fsp3) is 0.588. The fourth-order valence-corrected chi connectivity index (χ4v) is 4.46. The second-order valence-corrected chi connectivity index (χ2v) is 7.24. The molecule has 22 heavy (non-hydrogen) atoms. The maximum Gasteiger partial charge on any atom is 0.238 e. The van der Waals surface area contributed by atoms with E-state index in [1.165, 1.54) is 18.4 Å². The van der Waals surface area contributed by atoms with Gasteiger partial charge in [-0.25, -0.2) is 0 Å². The van der Waals surface area contributed by atoms with E-state index in [1.54, 1.807) is 18.9 Å². The Kier molecular flexibility index (Phi) is 4.93. The summed E-state index contributed by atoms with van der Waals surface area (Å²) < 4.78 is 5.37.